The molecule has 0 bridgehead atoms. The molecule has 0 aromatic heterocycles. The summed E-state index contributed by atoms with van der Waals surface area (Å²) in [5, 5.41) is 8.51. The topological polar surface area (TPSA) is 49.3 Å². The molecule has 0 saturated heterocycles. The fraction of sp³-hybridized carbons (Fsp3) is 0.222. The lowest BCUT2D eigenvalue weighted by Crippen LogP contribution is -2.21. The summed E-state index contributed by atoms with van der Waals surface area (Å²) in [5.41, 5.74) is 0.0556. The Labute approximate surface area is 97.0 Å². The molecule has 0 heterocycles. The normalized spacial score (nSPS) is 11.2. The van der Waals surface area contributed by atoms with Crippen LogP contribution < -0.4 is 5.32 Å². The molecule has 0 aliphatic rings. The van der Waals surface area contributed by atoms with Gasteiger partial charge in [-0.2, -0.15) is 26.3 Å². The number of halogens is 6. The molecule has 1 aromatic carbocycles. The Hall–Kier alpha value is -1.93. The molecule has 0 saturated carbocycles. The van der Waals surface area contributed by atoms with E-state index in [1.165, 1.54) is 29.6 Å². The van der Waals surface area contributed by atoms with E-state index in [2.05, 4.69) is 0 Å². The molecular weight excluding hydrogens is 268 g/mol. The summed E-state index contributed by atoms with van der Waals surface area (Å²) in [7, 11) is 0. The van der Waals surface area contributed by atoms with Crippen molar-refractivity contribution in [3.8, 4) is 0 Å². The molecule has 0 spiro atoms. The van der Waals surface area contributed by atoms with Crippen LogP contribution >= 0.6 is 0 Å². The Balaban J connectivity index is 0.000000360. The lowest BCUT2D eigenvalue weighted by atomic mass is 10.3. The van der Waals surface area contributed by atoms with E-state index in [0.29, 0.717) is 0 Å². The molecule has 2 N–H and O–H groups in total. The average Bonchev–Trinajstić information content (AvgIpc) is 2.15. The molecule has 0 amide bonds. The van der Waals surface area contributed by atoms with Gasteiger partial charge in [-0.3, -0.25) is 5.32 Å². The highest BCUT2D eigenvalue weighted by Crippen LogP contribution is 2.18. The van der Waals surface area contributed by atoms with Gasteiger partial charge in [-0.25, -0.2) is 4.79 Å². The largest absolute Gasteiger partial charge is 0.490 e. The third kappa shape index (κ3) is 8.25. The van der Waals surface area contributed by atoms with Crippen LogP contribution in [-0.4, -0.2) is 23.6 Å². The number of benzene rings is 1. The summed E-state index contributed by atoms with van der Waals surface area (Å²) in [5.74, 6) is -2.76. The first-order valence-electron chi connectivity index (χ1n) is 4.22. The lowest BCUT2D eigenvalue weighted by Gasteiger charge is -2.08. The van der Waals surface area contributed by atoms with Crippen molar-refractivity contribution in [3.63, 3.8) is 0 Å². The minimum atomic E-state index is -5.08. The van der Waals surface area contributed by atoms with E-state index in [1.807, 2.05) is 0 Å². The summed E-state index contributed by atoms with van der Waals surface area (Å²) in [6, 6.07) is 7.44. The first-order chi connectivity index (χ1) is 8.02. The number of hydrogen-bond acceptors (Lipinski definition) is 2. The third-order valence-electron chi connectivity index (χ3n) is 1.30. The van der Waals surface area contributed by atoms with Gasteiger partial charge < -0.3 is 5.11 Å². The zero-order valence-electron chi connectivity index (χ0n) is 8.51. The SMILES string of the molecule is FC(F)(F)Nc1ccccc1.O=C(O)C(F)(F)F. The van der Waals surface area contributed by atoms with E-state index in [-0.39, 0.29) is 5.69 Å². The lowest BCUT2D eigenvalue weighted by molar-refractivity contribution is -0.192. The number of carboxylic acids is 1. The van der Waals surface area contributed by atoms with Crippen LogP contribution in [0.15, 0.2) is 30.3 Å². The summed E-state index contributed by atoms with van der Waals surface area (Å²) >= 11 is 0. The van der Waals surface area contributed by atoms with Crippen LogP contribution in [0.3, 0.4) is 0 Å². The molecule has 1 aromatic rings. The molecule has 9 heteroatoms. The highest BCUT2D eigenvalue weighted by atomic mass is 19.4. The second kappa shape index (κ2) is 6.12. The van der Waals surface area contributed by atoms with Gasteiger partial charge in [0.05, 0.1) is 0 Å². The van der Waals surface area contributed by atoms with Crippen molar-refractivity contribution in [2.45, 2.75) is 12.5 Å². The van der Waals surface area contributed by atoms with Crippen molar-refractivity contribution in [3.05, 3.63) is 30.3 Å². The maximum atomic E-state index is 11.6. The van der Waals surface area contributed by atoms with Gasteiger partial charge in [0.25, 0.3) is 0 Å². The Morgan fingerprint density at radius 2 is 1.39 bits per heavy atom. The predicted octanol–water partition coefficient (Wildman–Crippen LogP) is 3.25. The first kappa shape index (κ1) is 16.1. The molecule has 3 nitrogen and oxygen atoms in total. The summed E-state index contributed by atoms with van der Waals surface area (Å²) in [6.45, 7) is 0. The minimum absolute atomic E-state index is 0.0556. The fourth-order valence-corrected chi connectivity index (χ4v) is 0.685. The first-order valence-corrected chi connectivity index (χ1v) is 4.22. The highest BCUT2D eigenvalue weighted by Gasteiger charge is 2.38. The fourth-order valence-electron chi connectivity index (χ4n) is 0.685. The molecule has 1 rings (SSSR count). The zero-order chi connectivity index (χ0) is 14.4. The van der Waals surface area contributed by atoms with Crippen LogP contribution in [0, 0.1) is 0 Å². The van der Waals surface area contributed by atoms with Gasteiger partial charge in [0.2, 0.25) is 0 Å². The van der Waals surface area contributed by atoms with Crippen molar-refractivity contribution in [1.29, 1.82) is 0 Å². The number of anilines is 1. The van der Waals surface area contributed by atoms with Crippen molar-refractivity contribution in [2.24, 2.45) is 0 Å². The van der Waals surface area contributed by atoms with Gasteiger partial charge in [-0.15, -0.1) is 0 Å². The predicted molar refractivity (Wildman–Crippen MR) is 49.8 cm³/mol. The van der Waals surface area contributed by atoms with Crippen LogP contribution in [0.1, 0.15) is 0 Å². The number of para-hydroxylation sites is 1. The van der Waals surface area contributed by atoms with E-state index in [1.54, 1.807) is 6.07 Å². The van der Waals surface area contributed by atoms with E-state index in [4.69, 9.17) is 9.90 Å². The maximum absolute atomic E-state index is 11.6. The molecule has 102 valence electrons. The quantitative estimate of drug-likeness (QED) is 0.611. The summed E-state index contributed by atoms with van der Waals surface area (Å²) in [4.78, 5) is 8.90. The molecule has 0 atom stereocenters. The number of rotatable bonds is 1. The molecule has 0 aliphatic heterocycles. The van der Waals surface area contributed by atoms with Crippen molar-refractivity contribution < 1.29 is 36.2 Å². The van der Waals surface area contributed by atoms with Gasteiger partial charge in [0, 0.05) is 5.69 Å². The van der Waals surface area contributed by atoms with Gasteiger partial charge >= 0.3 is 18.4 Å². The number of carbonyl (C=O) groups is 1. The zero-order valence-corrected chi connectivity index (χ0v) is 8.51. The van der Waals surface area contributed by atoms with Gasteiger partial charge in [-0.05, 0) is 12.1 Å². The van der Waals surface area contributed by atoms with Crippen LogP contribution in [0.2, 0.25) is 0 Å². The van der Waals surface area contributed by atoms with E-state index >= 15 is 0 Å². The Bertz CT molecular complexity index is 373. The molecule has 0 fully saturated rings. The molecule has 18 heavy (non-hydrogen) atoms. The molecule has 0 radical (unpaired) electrons. The van der Waals surface area contributed by atoms with E-state index in [0.717, 1.165) is 0 Å². The van der Waals surface area contributed by atoms with Crippen LogP contribution in [0.5, 0.6) is 0 Å². The van der Waals surface area contributed by atoms with Crippen LogP contribution in [-0.2, 0) is 4.79 Å². The number of alkyl halides is 6. The summed E-state index contributed by atoms with van der Waals surface area (Å²) in [6.07, 6.45) is -9.43. The number of aliphatic carboxylic acids is 1. The Morgan fingerprint density at radius 1 is 1.00 bits per heavy atom. The molecular formula is C9H7F6NO2. The minimum Gasteiger partial charge on any atom is -0.475 e. The van der Waals surface area contributed by atoms with E-state index < -0.39 is 18.4 Å². The maximum Gasteiger partial charge on any atom is 0.490 e. The van der Waals surface area contributed by atoms with Gasteiger partial charge in [0.1, 0.15) is 0 Å². The Kier molecular flexibility index (Phi) is 5.47. The highest BCUT2D eigenvalue weighted by molar-refractivity contribution is 5.73. The average molecular weight is 275 g/mol. The van der Waals surface area contributed by atoms with Crippen molar-refractivity contribution >= 4 is 11.7 Å². The van der Waals surface area contributed by atoms with E-state index in [9.17, 15) is 26.3 Å². The second-order valence-electron chi connectivity index (χ2n) is 2.79. The second-order valence-corrected chi connectivity index (χ2v) is 2.79. The van der Waals surface area contributed by atoms with Crippen LogP contribution in [0.4, 0.5) is 32.0 Å². The van der Waals surface area contributed by atoms with Crippen LogP contribution in [0.25, 0.3) is 0 Å². The van der Waals surface area contributed by atoms with Gasteiger partial charge in [0.15, 0.2) is 0 Å². The number of nitrogens with one attached hydrogen (secondary N) is 1. The number of carboxylic acid groups (broad SMARTS) is 1. The van der Waals surface area contributed by atoms with Crippen molar-refractivity contribution in [1.82, 2.24) is 0 Å². The monoisotopic (exact) mass is 275 g/mol. The summed E-state index contributed by atoms with van der Waals surface area (Å²) < 4.78 is 66.6. The van der Waals surface area contributed by atoms with Gasteiger partial charge in [-0.1, -0.05) is 18.2 Å². The molecule has 0 aliphatic carbocycles. The molecule has 0 unspecified atom stereocenters. The Morgan fingerprint density at radius 3 is 1.67 bits per heavy atom. The van der Waals surface area contributed by atoms with Crippen molar-refractivity contribution in [2.75, 3.05) is 5.32 Å². The smallest absolute Gasteiger partial charge is 0.475 e. The number of hydrogen-bond donors (Lipinski definition) is 2. The third-order valence-corrected chi connectivity index (χ3v) is 1.30. The standard InChI is InChI=1S/C7H6F3N.C2HF3O2/c8-7(9,10)11-6-4-2-1-3-5-6;3-2(4,5)1(6)7/h1-5,11H;(H,6,7).